The van der Waals surface area contributed by atoms with Crippen molar-refractivity contribution in [1.82, 2.24) is 9.38 Å². The fraction of sp³-hybridized carbons (Fsp3) is 0.429. The first-order valence-electron chi connectivity index (χ1n) is 6.22. The first-order valence-corrected chi connectivity index (χ1v) is 6.22. The Balaban J connectivity index is 2.08. The standard InChI is InChI=1S/C14H18N2O3/c1-14(2,3)19-12(18)7-5-10-4-6-11(17)13-15-8-9-16(10)13/h4,6,8-9,17H,5,7H2,1-3H3. The minimum Gasteiger partial charge on any atom is -0.504 e. The highest BCUT2D eigenvalue weighted by Crippen LogP contribution is 2.19. The van der Waals surface area contributed by atoms with Gasteiger partial charge in [0.05, 0.1) is 6.42 Å². The number of fused-ring (bicyclic) bond motifs is 1. The van der Waals surface area contributed by atoms with E-state index >= 15 is 0 Å². The number of esters is 1. The van der Waals surface area contributed by atoms with Crippen LogP contribution < -0.4 is 0 Å². The number of ether oxygens (including phenoxy) is 1. The number of pyridine rings is 1. The Hall–Kier alpha value is -2.04. The van der Waals surface area contributed by atoms with E-state index in [0.29, 0.717) is 18.5 Å². The number of nitrogens with zero attached hydrogens (tertiary/aromatic N) is 2. The van der Waals surface area contributed by atoms with Gasteiger partial charge in [-0.05, 0) is 39.3 Å². The number of rotatable bonds is 3. The summed E-state index contributed by atoms with van der Waals surface area (Å²) in [6.07, 6.45) is 4.23. The molecule has 2 aromatic rings. The van der Waals surface area contributed by atoms with Crippen molar-refractivity contribution in [2.45, 2.75) is 39.2 Å². The maximum Gasteiger partial charge on any atom is 0.306 e. The molecular formula is C14H18N2O3. The number of carbonyl (C=O) groups is 1. The second-order valence-corrected chi connectivity index (χ2v) is 5.42. The summed E-state index contributed by atoms with van der Waals surface area (Å²) in [5.74, 6) is -0.0974. The van der Waals surface area contributed by atoms with Crippen molar-refractivity contribution in [2.75, 3.05) is 0 Å². The van der Waals surface area contributed by atoms with Crippen LogP contribution in [0.4, 0.5) is 0 Å². The molecule has 0 atom stereocenters. The number of imidazole rings is 1. The van der Waals surface area contributed by atoms with Crippen LogP contribution in [0.15, 0.2) is 24.5 Å². The van der Waals surface area contributed by atoms with Gasteiger partial charge in [-0.3, -0.25) is 4.79 Å². The zero-order valence-corrected chi connectivity index (χ0v) is 11.4. The van der Waals surface area contributed by atoms with E-state index in [0.717, 1.165) is 5.69 Å². The fourth-order valence-corrected chi connectivity index (χ4v) is 1.88. The maximum absolute atomic E-state index is 11.7. The molecule has 0 aromatic carbocycles. The van der Waals surface area contributed by atoms with Crippen molar-refractivity contribution in [1.29, 1.82) is 0 Å². The van der Waals surface area contributed by atoms with Gasteiger partial charge in [-0.15, -0.1) is 0 Å². The Labute approximate surface area is 111 Å². The van der Waals surface area contributed by atoms with Gasteiger partial charge in [0, 0.05) is 18.1 Å². The Bertz CT molecular complexity index is 596. The zero-order chi connectivity index (χ0) is 14.0. The summed E-state index contributed by atoms with van der Waals surface area (Å²) in [6, 6.07) is 3.38. The van der Waals surface area contributed by atoms with Gasteiger partial charge >= 0.3 is 5.97 Å². The van der Waals surface area contributed by atoms with E-state index in [1.165, 1.54) is 0 Å². The SMILES string of the molecule is CC(C)(C)OC(=O)CCc1ccc(O)c2nccn12. The van der Waals surface area contributed by atoms with E-state index in [9.17, 15) is 9.90 Å². The molecule has 0 saturated heterocycles. The Morgan fingerprint density at radius 1 is 1.42 bits per heavy atom. The summed E-state index contributed by atoms with van der Waals surface area (Å²) in [5, 5.41) is 9.64. The largest absolute Gasteiger partial charge is 0.504 e. The lowest BCUT2D eigenvalue weighted by Gasteiger charge is -2.19. The predicted octanol–water partition coefficient (Wildman–Crippen LogP) is 2.31. The van der Waals surface area contributed by atoms with Crippen molar-refractivity contribution in [3.63, 3.8) is 0 Å². The van der Waals surface area contributed by atoms with Gasteiger partial charge in [0.15, 0.2) is 11.4 Å². The van der Waals surface area contributed by atoms with E-state index in [-0.39, 0.29) is 11.7 Å². The molecular weight excluding hydrogens is 244 g/mol. The number of hydrogen-bond acceptors (Lipinski definition) is 4. The van der Waals surface area contributed by atoms with Crippen LogP contribution in [0, 0.1) is 0 Å². The van der Waals surface area contributed by atoms with E-state index in [1.807, 2.05) is 20.8 Å². The first-order chi connectivity index (χ1) is 8.87. The van der Waals surface area contributed by atoms with E-state index in [4.69, 9.17) is 4.74 Å². The van der Waals surface area contributed by atoms with E-state index in [2.05, 4.69) is 4.98 Å². The molecule has 0 unspecified atom stereocenters. The lowest BCUT2D eigenvalue weighted by molar-refractivity contribution is -0.154. The van der Waals surface area contributed by atoms with Crippen molar-refractivity contribution < 1.29 is 14.6 Å². The molecule has 0 radical (unpaired) electrons. The molecule has 0 fully saturated rings. The molecule has 0 aliphatic rings. The van der Waals surface area contributed by atoms with Crippen LogP contribution in [0.2, 0.25) is 0 Å². The van der Waals surface area contributed by atoms with Crippen molar-refractivity contribution in [3.8, 4) is 5.75 Å². The molecule has 2 aromatic heterocycles. The molecule has 0 saturated carbocycles. The second-order valence-electron chi connectivity index (χ2n) is 5.42. The van der Waals surface area contributed by atoms with Crippen molar-refractivity contribution >= 4 is 11.6 Å². The number of carbonyl (C=O) groups excluding carboxylic acids is 1. The summed E-state index contributed by atoms with van der Waals surface area (Å²) in [4.78, 5) is 15.7. The monoisotopic (exact) mass is 262 g/mol. The minimum absolute atomic E-state index is 0.131. The van der Waals surface area contributed by atoms with Crippen LogP contribution in [0.5, 0.6) is 5.75 Å². The van der Waals surface area contributed by atoms with Crippen molar-refractivity contribution in [2.24, 2.45) is 0 Å². The van der Waals surface area contributed by atoms with Gasteiger partial charge < -0.3 is 14.2 Å². The third-order valence-electron chi connectivity index (χ3n) is 2.62. The van der Waals surface area contributed by atoms with Gasteiger partial charge in [0.25, 0.3) is 0 Å². The third-order valence-corrected chi connectivity index (χ3v) is 2.62. The normalized spacial score (nSPS) is 11.7. The van der Waals surface area contributed by atoms with Crippen molar-refractivity contribution in [3.05, 3.63) is 30.2 Å². The molecule has 2 rings (SSSR count). The molecule has 0 spiro atoms. The number of aromatic nitrogens is 2. The number of hydrogen-bond donors (Lipinski definition) is 1. The average Bonchev–Trinajstić information content (AvgIpc) is 2.75. The predicted molar refractivity (Wildman–Crippen MR) is 71.0 cm³/mol. The molecule has 102 valence electrons. The summed E-state index contributed by atoms with van der Waals surface area (Å²) >= 11 is 0. The molecule has 0 bridgehead atoms. The summed E-state index contributed by atoms with van der Waals surface area (Å²) in [6.45, 7) is 5.54. The highest BCUT2D eigenvalue weighted by molar-refractivity contribution is 5.70. The zero-order valence-electron chi connectivity index (χ0n) is 11.4. The quantitative estimate of drug-likeness (QED) is 0.862. The first kappa shape index (κ1) is 13.4. The topological polar surface area (TPSA) is 63.8 Å². The average molecular weight is 262 g/mol. The summed E-state index contributed by atoms with van der Waals surface area (Å²) < 4.78 is 7.04. The molecule has 0 amide bonds. The van der Waals surface area contributed by atoms with Crippen LogP contribution in [0.3, 0.4) is 0 Å². The minimum atomic E-state index is -0.462. The summed E-state index contributed by atoms with van der Waals surface area (Å²) in [7, 11) is 0. The summed E-state index contributed by atoms with van der Waals surface area (Å²) in [5.41, 5.74) is 0.953. The lowest BCUT2D eigenvalue weighted by Crippen LogP contribution is -2.24. The highest BCUT2D eigenvalue weighted by atomic mass is 16.6. The Morgan fingerprint density at radius 2 is 2.16 bits per heavy atom. The maximum atomic E-state index is 11.7. The smallest absolute Gasteiger partial charge is 0.306 e. The number of aryl methyl sites for hydroxylation is 1. The van der Waals surface area contributed by atoms with Gasteiger partial charge in [0.2, 0.25) is 0 Å². The van der Waals surface area contributed by atoms with Crippen LogP contribution in [-0.4, -0.2) is 26.1 Å². The lowest BCUT2D eigenvalue weighted by atomic mass is 10.1. The molecule has 0 aliphatic carbocycles. The Morgan fingerprint density at radius 3 is 2.84 bits per heavy atom. The van der Waals surface area contributed by atoms with Crippen LogP contribution in [-0.2, 0) is 16.0 Å². The molecule has 2 heterocycles. The van der Waals surface area contributed by atoms with Gasteiger partial charge in [-0.25, -0.2) is 4.98 Å². The van der Waals surface area contributed by atoms with Crippen LogP contribution >= 0.6 is 0 Å². The molecule has 0 aliphatic heterocycles. The van der Waals surface area contributed by atoms with Gasteiger partial charge in [-0.2, -0.15) is 0 Å². The second kappa shape index (κ2) is 4.91. The molecule has 5 nitrogen and oxygen atoms in total. The Kier molecular flexibility index (Phi) is 3.46. The molecule has 19 heavy (non-hydrogen) atoms. The number of aromatic hydroxyl groups is 1. The van der Waals surface area contributed by atoms with Gasteiger partial charge in [0.1, 0.15) is 5.60 Å². The van der Waals surface area contributed by atoms with Crippen LogP contribution in [0.25, 0.3) is 5.65 Å². The van der Waals surface area contributed by atoms with E-state index in [1.54, 1.807) is 28.9 Å². The third kappa shape index (κ3) is 3.24. The molecule has 5 heteroatoms. The van der Waals surface area contributed by atoms with Crippen LogP contribution in [0.1, 0.15) is 32.9 Å². The molecule has 1 N–H and O–H groups in total. The van der Waals surface area contributed by atoms with Gasteiger partial charge in [-0.1, -0.05) is 0 Å². The van der Waals surface area contributed by atoms with E-state index < -0.39 is 5.60 Å². The highest BCUT2D eigenvalue weighted by Gasteiger charge is 2.16. The fourth-order valence-electron chi connectivity index (χ4n) is 1.88.